The van der Waals surface area contributed by atoms with Crippen LogP contribution in [0.15, 0.2) is 0 Å². The average molecular weight is 224 g/mol. The van der Waals surface area contributed by atoms with Crippen LogP contribution < -0.4 is 10.6 Å². The van der Waals surface area contributed by atoms with E-state index >= 15 is 0 Å². The first-order valence-corrected chi connectivity index (χ1v) is 6.72. The zero-order valence-corrected chi connectivity index (χ0v) is 10.5. The van der Waals surface area contributed by atoms with E-state index in [9.17, 15) is 4.79 Å². The number of nitrogens with one attached hydrogen (secondary N) is 2. The second-order valence-electron chi connectivity index (χ2n) is 5.48. The summed E-state index contributed by atoms with van der Waals surface area (Å²) < 4.78 is 0. The third kappa shape index (κ3) is 2.57. The van der Waals surface area contributed by atoms with E-state index in [0.29, 0.717) is 18.0 Å². The normalized spacial score (nSPS) is 32.9. The zero-order chi connectivity index (χ0) is 11.5. The molecule has 2 rings (SSSR count). The Morgan fingerprint density at radius 1 is 1.31 bits per heavy atom. The van der Waals surface area contributed by atoms with Gasteiger partial charge in [0.05, 0.1) is 5.92 Å². The molecule has 0 bridgehead atoms. The summed E-state index contributed by atoms with van der Waals surface area (Å²) in [5.41, 5.74) is 0. The molecule has 0 aromatic rings. The van der Waals surface area contributed by atoms with E-state index in [1.54, 1.807) is 0 Å². The fourth-order valence-electron chi connectivity index (χ4n) is 3.12. The summed E-state index contributed by atoms with van der Waals surface area (Å²) in [6.45, 7) is 5.26. The molecule has 3 unspecified atom stereocenters. The molecular weight excluding hydrogens is 200 g/mol. The fraction of sp³-hybridized carbons (Fsp3) is 0.923. The van der Waals surface area contributed by atoms with Crippen molar-refractivity contribution in [3.8, 4) is 0 Å². The maximum atomic E-state index is 12.1. The molecule has 1 saturated carbocycles. The van der Waals surface area contributed by atoms with Crippen molar-refractivity contribution in [2.75, 3.05) is 6.54 Å². The summed E-state index contributed by atoms with van der Waals surface area (Å²) in [4.78, 5) is 12.1. The number of hydrogen-bond acceptors (Lipinski definition) is 2. The standard InChI is InChI=1S/C13H24N2O/c1-9(11-5-3-4-6-11)15-13(16)12-7-8-14-10(12)2/h9-12,14H,3-8H2,1-2H3,(H,15,16). The van der Waals surface area contributed by atoms with Gasteiger partial charge < -0.3 is 10.6 Å². The Kier molecular flexibility index (Phi) is 3.85. The minimum atomic E-state index is 0.184. The molecule has 3 atom stereocenters. The molecule has 3 nitrogen and oxygen atoms in total. The summed E-state index contributed by atoms with van der Waals surface area (Å²) in [6.07, 6.45) is 6.25. The van der Waals surface area contributed by atoms with Crippen molar-refractivity contribution in [3.63, 3.8) is 0 Å². The first kappa shape index (κ1) is 11.9. The predicted octanol–water partition coefficient (Wildman–Crippen LogP) is 1.68. The molecule has 0 radical (unpaired) electrons. The van der Waals surface area contributed by atoms with Gasteiger partial charge in [-0.2, -0.15) is 0 Å². The number of amides is 1. The lowest BCUT2D eigenvalue weighted by atomic mass is 9.96. The molecule has 2 fully saturated rings. The summed E-state index contributed by atoms with van der Waals surface area (Å²) in [5, 5.41) is 6.55. The maximum Gasteiger partial charge on any atom is 0.224 e. The Balaban J connectivity index is 1.81. The lowest BCUT2D eigenvalue weighted by Gasteiger charge is -2.23. The van der Waals surface area contributed by atoms with Gasteiger partial charge in [-0.3, -0.25) is 4.79 Å². The second-order valence-corrected chi connectivity index (χ2v) is 5.48. The lowest BCUT2D eigenvalue weighted by Crippen LogP contribution is -2.43. The van der Waals surface area contributed by atoms with Crippen LogP contribution >= 0.6 is 0 Å². The van der Waals surface area contributed by atoms with Gasteiger partial charge in [0.15, 0.2) is 0 Å². The van der Waals surface area contributed by atoms with Gasteiger partial charge in [0, 0.05) is 12.1 Å². The van der Waals surface area contributed by atoms with Crippen molar-refractivity contribution in [2.45, 2.75) is 58.0 Å². The van der Waals surface area contributed by atoms with Crippen LogP contribution in [0.3, 0.4) is 0 Å². The average Bonchev–Trinajstić information content (AvgIpc) is 2.86. The van der Waals surface area contributed by atoms with Crippen molar-refractivity contribution in [3.05, 3.63) is 0 Å². The van der Waals surface area contributed by atoms with E-state index in [1.165, 1.54) is 25.7 Å². The Labute approximate surface area is 98.4 Å². The highest BCUT2D eigenvalue weighted by molar-refractivity contribution is 5.80. The number of carbonyl (C=O) groups excluding carboxylic acids is 1. The third-order valence-corrected chi connectivity index (χ3v) is 4.34. The molecule has 16 heavy (non-hydrogen) atoms. The van der Waals surface area contributed by atoms with Crippen LogP contribution in [0.2, 0.25) is 0 Å². The van der Waals surface area contributed by atoms with Crippen LogP contribution in [-0.2, 0) is 4.79 Å². The van der Waals surface area contributed by atoms with Crippen LogP contribution in [0, 0.1) is 11.8 Å². The van der Waals surface area contributed by atoms with Crippen molar-refractivity contribution >= 4 is 5.91 Å². The van der Waals surface area contributed by atoms with Gasteiger partial charge >= 0.3 is 0 Å². The van der Waals surface area contributed by atoms with Gasteiger partial charge in [0.25, 0.3) is 0 Å². The minimum absolute atomic E-state index is 0.184. The molecule has 0 aromatic carbocycles. The van der Waals surface area contributed by atoms with E-state index in [2.05, 4.69) is 24.5 Å². The van der Waals surface area contributed by atoms with E-state index in [1.807, 2.05) is 0 Å². The van der Waals surface area contributed by atoms with Crippen LogP contribution in [0.5, 0.6) is 0 Å². The smallest absolute Gasteiger partial charge is 0.224 e. The maximum absolute atomic E-state index is 12.1. The number of rotatable bonds is 3. The Bertz CT molecular complexity index is 248. The monoisotopic (exact) mass is 224 g/mol. The molecule has 0 aromatic heterocycles. The van der Waals surface area contributed by atoms with Crippen LogP contribution in [0.25, 0.3) is 0 Å². The van der Waals surface area contributed by atoms with E-state index in [4.69, 9.17) is 0 Å². The summed E-state index contributed by atoms with van der Waals surface area (Å²) in [5.74, 6) is 1.16. The number of carbonyl (C=O) groups is 1. The largest absolute Gasteiger partial charge is 0.353 e. The Hall–Kier alpha value is -0.570. The molecule has 1 amide bonds. The number of hydrogen-bond donors (Lipinski definition) is 2. The molecule has 0 spiro atoms. The van der Waals surface area contributed by atoms with Crippen LogP contribution in [-0.4, -0.2) is 24.5 Å². The van der Waals surface area contributed by atoms with Crippen LogP contribution in [0.4, 0.5) is 0 Å². The first-order chi connectivity index (χ1) is 7.68. The van der Waals surface area contributed by atoms with Crippen molar-refractivity contribution in [2.24, 2.45) is 11.8 Å². The molecule has 3 heteroatoms. The Morgan fingerprint density at radius 3 is 2.56 bits per heavy atom. The highest BCUT2D eigenvalue weighted by Crippen LogP contribution is 2.28. The van der Waals surface area contributed by atoms with Gasteiger partial charge in [-0.1, -0.05) is 12.8 Å². The summed E-state index contributed by atoms with van der Waals surface area (Å²) >= 11 is 0. The topological polar surface area (TPSA) is 41.1 Å². The van der Waals surface area contributed by atoms with Crippen molar-refractivity contribution < 1.29 is 4.79 Å². The lowest BCUT2D eigenvalue weighted by molar-refractivity contribution is -0.126. The van der Waals surface area contributed by atoms with Crippen LogP contribution in [0.1, 0.15) is 46.0 Å². The highest BCUT2D eigenvalue weighted by Gasteiger charge is 2.31. The molecule has 92 valence electrons. The quantitative estimate of drug-likeness (QED) is 0.766. The fourth-order valence-corrected chi connectivity index (χ4v) is 3.12. The second kappa shape index (κ2) is 5.17. The van der Waals surface area contributed by atoms with Gasteiger partial charge in [-0.05, 0) is 45.6 Å². The predicted molar refractivity (Wildman–Crippen MR) is 65.1 cm³/mol. The molecule has 1 heterocycles. The molecule has 1 saturated heterocycles. The Morgan fingerprint density at radius 2 is 2.00 bits per heavy atom. The third-order valence-electron chi connectivity index (χ3n) is 4.34. The van der Waals surface area contributed by atoms with E-state index in [-0.39, 0.29) is 11.8 Å². The summed E-state index contributed by atoms with van der Waals surface area (Å²) in [6, 6.07) is 0.707. The highest BCUT2D eigenvalue weighted by atomic mass is 16.2. The minimum Gasteiger partial charge on any atom is -0.353 e. The molecule has 1 aliphatic heterocycles. The van der Waals surface area contributed by atoms with Crippen molar-refractivity contribution in [1.82, 2.24) is 10.6 Å². The van der Waals surface area contributed by atoms with Gasteiger partial charge in [-0.15, -0.1) is 0 Å². The van der Waals surface area contributed by atoms with Gasteiger partial charge in [0.1, 0.15) is 0 Å². The molecule has 2 aliphatic rings. The van der Waals surface area contributed by atoms with E-state index in [0.717, 1.165) is 13.0 Å². The summed E-state index contributed by atoms with van der Waals surface area (Å²) in [7, 11) is 0. The first-order valence-electron chi connectivity index (χ1n) is 6.72. The van der Waals surface area contributed by atoms with Gasteiger partial charge in [-0.25, -0.2) is 0 Å². The molecule has 1 aliphatic carbocycles. The van der Waals surface area contributed by atoms with Gasteiger partial charge in [0.2, 0.25) is 5.91 Å². The van der Waals surface area contributed by atoms with Crippen molar-refractivity contribution in [1.29, 1.82) is 0 Å². The van der Waals surface area contributed by atoms with E-state index < -0.39 is 0 Å². The zero-order valence-electron chi connectivity index (χ0n) is 10.5. The molecular formula is C13H24N2O. The SMILES string of the molecule is CC(NC(=O)C1CCNC1C)C1CCCC1. The molecule has 2 N–H and O–H groups in total.